The van der Waals surface area contributed by atoms with Crippen molar-refractivity contribution in [2.24, 2.45) is 0 Å². The van der Waals surface area contributed by atoms with Gasteiger partial charge in [0.05, 0.1) is 17.1 Å². The lowest BCUT2D eigenvalue weighted by atomic mass is 10.2. The number of hydrogen-bond acceptors (Lipinski definition) is 3. The molecule has 0 aromatic heterocycles. The second-order valence-electron chi connectivity index (χ2n) is 5.16. The molecule has 0 heterocycles. The normalized spacial score (nSPS) is 9.65. The van der Waals surface area contributed by atoms with Crippen LogP contribution in [0.1, 0.15) is 17.3 Å². The zero-order valence-electron chi connectivity index (χ0n) is 13.9. The highest BCUT2D eigenvalue weighted by Gasteiger charge is 2.09. The van der Waals surface area contributed by atoms with Crippen molar-refractivity contribution in [2.45, 2.75) is 6.92 Å². The second kappa shape index (κ2) is 9.85. The first-order valence-electron chi connectivity index (χ1n) is 7.65. The van der Waals surface area contributed by atoms with E-state index in [1.165, 1.54) is 6.92 Å². The van der Waals surface area contributed by atoms with Gasteiger partial charge in [-0.15, -0.1) is 0 Å². The fraction of sp³-hybridized carbons (Fsp3) is 0.158. The van der Waals surface area contributed by atoms with Crippen molar-refractivity contribution in [3.8, 4) is 17.6 Å². The minimum absolute atomic E-state index is 0.150. The van der Waals surface area contributed by atoms with Gasteiger partial charge < -0.3 is 15.4 Å². The molecule has 0 saturated heterocycles. The molecule has 0 aliphatic heterocycles. The van der Waals surface area contributed by atoms with Crippen LogP contribution < -0.4 is 15.4 Å². The van der Waals surface area contributed by atoms with Crippen LogP contribution in [0.3, 0.4) is 0 Å². The summed E-state index contributed by atoms with van der Waals surface area (Å²) in [6, 6.07) is 12.1. The van der Waals surface area contributed by atoms with Crippen LogP contribution in [0.4, 0.5) is 5.69 Å². The van der Waals surface area contributed by atoms with Crippen molar-refractivity contribution < 1.29 is 14.3 Å². The molecule has 0 radical (unpaired) electrons. The van der Waals surface area contributed by atoms with Crippen LogP contribution in [0.15, 0.2) is 46.9 Å². The van der Waals surface area contributed by atoms with Gasteiger partial charge in [0.25, 0.3) is 5.91 Å². The Morgan fingerprint density at radius 1 is 1.19 bits per heavy atom. The molecule has 2 aromatic rings. The molecular weight excluding hydrogens is 420 g/mol. The first-order chi connectivity index (χ1) is 12.5. The van der Waals surface area contributed by atoms with Gasteiger partial charge in [0.1, 0.15) is 12.4 Å². The van der Waals surface area contributed by atoms with E-state index in [0.29, 0.717) is 22.0 Å². The number of carbonyl (C=O) groups excluding carboxylic acids is 2. The Labute approximate surface area is 165 Å². The Kier molecular flexibility index (Phi) is 7.52. The fourth-order valence-corrected chi connectivity index (χ4v) is 2.56. The molecule has 0 fully saturated rings. The van der Waals surface area contributed by atoms with Crippen molar-refractivity contribution in [3.63, 3.8) is 0 Å². The number of hydrogen-bond donors (Lipinski definition) is 2. The number of carbonyl (C=O) groups is 2. The number of ether oxygens (including phenoxy) is 1. The molecule has 26 heavy (non-hydrogen) atoms. The minimum atomic E-state index is -0.297. The lowest BCUT2D eigenvalue weighted by Gasteiger charge is -2.06. The topological polar surface area (TPSA) is 67.4 Å². The summed E-state index contributed by atoms with van der Waals surface area (Å²) >= 11 is 9.30. The van der Waals surface area contributed by atoms with Crippen LogP contribution >= 0.6 is 27.5 Å². The predicted molar refractivity (Wildman–Crippen MR) is 106 cm³/mol. The highest BCUT2D eigenvalue weighted by Crippen LogP contribution is 2.20. The molecule has 2 aromatic carbocycles. The molecule has 134 valence electrons. The molecule has 5 nitrogen and oxygen atoms in total. The summed E-state index contributed by atoms with van der Waals surface area (Å²) in [7, 11) is 0. The molecular formula is C19H16BrClN2O3. The van der Waals surface area contributed by atoms with Gasteiger partial charge in [-0.1, -0.05) is 45.4 Å². The molecule has 2 rings (SSSR count). The Hall–Kier alpha value is -2.49. The van der Waals surface area contributed by atoms with E-state index >= 15 is 0 Å². The van der Waals surface area contributed by atoms with Crippen LogP contribution in [0, 0.1) is 11.8 Å². The summed E-state index contributed by atoms with van der Waals surface area (Å²) in [6.07, 6.45) is 0. The average molecular weight is 436 g/mol. The maximum atomic E-state index is 12.0. The fourth-order valence-electron chi connectivity index (χ4n) is 1.99. The van der Waals surface area contributed by atoms with Crippen molar-refractivity contribution in [1.29, 1.82) is 0 Å². The van der Waals surface area contributed by atoms with Crippen LogP contribution in [0.5, 0.6) is 5.75 Å². The summed E-state index contributed by atoms with van der Waals surface area (Å²) in [4.78, 5) is 23.1. The summed E-state index contributed by atoms with van der Waals surface area (Å²) in [5.74, 6) is 5.76. The van der Waals surface area contributed by atoms with E-state index in [9.17, 15) is 9.59 Å². The van der Waals surface area contributed by atoms with Gasteiger partial charge in [0, 0.05) is 23.2 Å². The van der Waals surface area contributed by atoms with Crippen LogP contribution in [0.2, 0.25) is 5.02 Å². The second-order valence-corrected chi connectivity index (χ2v) is 6.48. The smallest absolute Gasteiger partial charge is 0.253 e. The molecule has 2 amide bonds. The van der Waals surface area contributed by atoms with E-state index in [0.717, 1.165) is 4.47 Å². The van der Waals surface area contributed by atoms with Gasteiger partial charge in [0.2, 0.25) is 5.91 Å². The molecule has 2 N–H and O–H groups in total. The van der Waals surface area contributed by atoms with Crippen molar-refractivity contribution in [2.75, 3.05) is 18.5 Å². The number of halogens is 2. The summed E-state index contributed by atoms with van der Waals surface area (Å²) in [5, 5.41) is 5.73. The number of rotatable bonds is 5. The summed E-state index contributed by atoms with van der Waals surface area (Å²) in [6.45, 7) is 1.78. The van der Waals surface area contributed by atoms with Crippen molar-refractivity contribution >= 4 is 45.0 Å². The standard InChI is InChI=1S/C19H16BrClN2O3/c1-13(24)23-15-5-4-6-16(12-15)26-10-3-2-9-22-19(25)17-11-14(20)7-8-18(17)21/h4-8,11-12H,9-10H2,1H3,(H,22,25)(H,23,24). The number of anilines is 1. The molecule has 7 heteroatoms. The van der Waals surface area contributed by atoms with Crippen LogP contribution in [0.25, 0.3) is 0 Å². The van der Waals surface area contributed by atoms with E-state index in [1.807, 2.05) is 0 Å². The molecule has 0 bridgehead atoms. The lowest BCUT2D eigenvalue weighted by molar-refractivity contribution is -0.114. The monoisotopic (exact) mass is 434 g/mol. The van der Waals surface area contributed by atoms with E-state index in [1.54, 1.807) is 42.5 Å². The third-order valence-electron chi connectivity index (χ3n) is 3.10. The first kappa shape index (κ1) is 19.8. The quantitative estimate of drug-likeness (QED) is 0.701. The van der Waals surface area contributed by atoms with Gasteiger partial charge in [-0.25, -0.2) is 0 Å². The SMILES string of the molecule is CC(=O)Nc1cccc(OCC#CCNC(=O)c2cc(Br)ccc2Cl)c1. The molecule has 0 unspecified atom stereocenters. The van der Waals surface area contributed by atoms with Gasteiger partial charge in [0.15, 0.2) is 0 Å². The van der Waals surface area contributed by atoms with E-state index < -0.39 is 0 Å². The summed E-state index contributed by atoms with van der Waals surface area (Å²) in [5.41, 5.74) is 1.04. The van der Waals surface area contributed by atoms with Gasteiger partial charge >= 0.3 is 0 Å². The molecule has 0 atom stereocenters. The molecule has 0 aliphatic carbocycles. The van der Waals surface area contributed by atoms with E-state index in [2.05, 4.69) is 38.4 Å². The van der Waals surface area contributed by atoms with Gasteiger partial charge in [-0.05, 0) is 30.3 Å². The van der Waals surface area contributed by atoms with Crippen LogP contribution in [-0.4, -0.2) is 25.0 Å². The number of amides is 2. The van der Waals surface area contributed by atoms with Crippen molar-refractivity contribution in [3.05, 3.63) is 57.5 Å². The summed E-state index contributed by atoms with van der Waals surface area (Å²) < 4.78 is 6.26. The van der Waals surface area contributed by atoms with E-state index in [4.69, 9.17) is 16.3 Å². The Morgan fingerprint density at radius 2 is 2.00 bits per heavy atom. The maximum Gasteiger partial charge on any atom is 0.253 e. The Bertz CT molecular complexity index is 875. The van der Waals surface area contributed by atoms with Gasteiger partial charge in [-0.3, -0.25) is 9.59 Å². The van der Waals surface area contributed by atoms with Crippen LogP contribution in [-0.2, 0) is 4.79 Å². The molecule has 0 aliphatic rings. The zero-order chi connectivity index (χ0) is 18.9. The zero-order valence-corrected chi connectivity index (χ0v) is 16.3. The number of nitrogens with one attached hydrogen (secondary N) is 2. The van der Waals surface area contributed by atoms with Gasteiger partial charge in [-0.2, -0.15) is 0 Å². The Morgan fingerprint density at radius 3 is 2.77 bits per heavy atom. The largest absolute Gasteiger partial charge is 0.481 e. The highest BCUT2D eigenvalue weighted by atomic mass is 79.9. The Balaban J connectivity index is 1.80. The third kappa shape index (κ3) is 6.43. The molecule has 0 saturated carbocycles. The highest BCUT2D eigenvalue weighted by molar-refractivity contribution is 9.10. The average Bonchev–Trinajstić information content (AvgIpc) is 2.59. The minimum Gasteiger partial charge on any atom is -0.481 e. The van der Waals surface area contributed by atoms with E-state index in [-0.39, 0.29) is 25.0 Å². The first-order valence-corrected chi connectivity index (χ1v) is 8.82. The molecule has 0 spiro atoms. The lowest BCUT2D eigenvalue weighted by Crippen LogP contribution is -2.24. The maximum absolute atomic E-state index is 12.0. The predicted octanol–water partition coefficient (Wildman–Crippen LogP) is 3.87. The van der Waals surface area contributed by atoms with Crippen molar-refractivity contribution in [1.82, 2.24) is 5.32 Å². The number of benzene rings is 2. The third-order valence-corrected chi connectivity index (χ3v) is 3.92.